The monoisotopic (exact) mass is 579 g/mol. The lowest BCUT2D eigenvalue weighted by atomic mass is 10.2. The molecule has 0 radical (unpaired) electrons. The number of nitrogens with zero attached hydrogens (tertiary/aromatic N) is 1. The van der Waals surface area contributed by atoms with E-state index < -0.39 is 32.1 Å². The SMILES string of the molecule is COc1ccc(S(=O)(=O)NC(C)C)cc1NC(=O)[C@H]1CN(S(=O)(=O)c2ccc(Cl)cc2)c2ccccc2O1. The molecule has 10 nitrogen and oxygen atoms in total. The number of hydrogen-bond acceptors (Lipinski definition) is 7. The summed E-state index contributed by atoms with van der Waals surface area (Å²) in [5, 5.41) is 3.01. The minimum Gasteiger partial charge on any atom is -0.495 e. The number of halogens is 1. The number of benzene rings is 3. The molecule has 202 valence electrons. The molecule has 13 heteroatoms. The fraction of sp³-hybridized carbons (Fsp3) is 0.240. The van der Waals surface area contributed by atoms with Crippen LogP contribution in [0.3, 0.4) is 0 Å². The molecule has 1 atom stereocenters. The minimum absolute atomic E-state index is 0.00464. The zero-order valence-corrected chi connectivity index (χ0v) is 23.1. The van der Waals surface area contributed by atoms with Gasteiger partial charge in [-0.25, -0.2) is 21.6 Å². The number of ether oxygens (including phenoxy) is 2. The number of amides is 1. The lowest BCUT2D eigenvalue weighted by Gasteiger charge is -2.34. The smallest absolute Gasteiger partial charge is 0.267 e. The molecule has 0 aromatic heterocycles. The highest BCUT2D eigenvalue weighted by Crippen LogP contribution is 2.37. The Morgan fingerprint density at radius 1 is 1.03 bits per heavy atom. The zero-order chi connectivity index (χ0) is 27.7. The van der Waals surface area contributed by atoms with Gasteiger partial charge in [-0.1, -0.05) is 23.7 Å². The number of sulfonamides is 2. The first-order valence-corrected chi connectivity index (χ1v) is 14.8. The van der Waals surface area contributed by atoms with Gasteiger partial charge in [0.2, 0.25) is 10.0 Å². The first-order valence-electron chi connectivity index (χ1n) is 11.5. The Kier molecular flexibility index (Phi) is 7.88. The summed E-state index contributed by atoms with van der Waals surface area (Å²) in [6, 6.07) is 15.8. The summed E-state index contributed by atoms with van der Waals surface area (Å²) in [5.41, 5.74) is 0.357. The summed E-state index contributed by atoms with van der Waals surface area (Å²) >= 11 is 5.93. The number of para-hydroxylation sites is 2. The number of nitrogens with one attached hydrogen (secondary N) is 2. The molecule has 2 N–H and O–H groups in total. The molecule has 3 aromatic carbocycles. The van der Waals surface area contributed by atoms with Gasteiger partial charge >= 0.3 is 0 Å². The number of methoxy groups -OCH3 is 1. The van der Waals surface area contributed by atoms with Crippen LogP contribution in [0.1, 0.15) is 13.8 Å². The molecule has 0 spiro atoms. The van der Waals surface area contributed by atoms with Crippen LogP contribution < -0.4 is 23.8 Å². The van der Waals surface area contributed by atoms with Gasteiger partial charge in [0.25, 0.3) is 15.9 Å². The van der Waals surface area contributed by atoms with Gasteiger partial charge < -0.3 is 14.8 Å². The number of anilines is 2. The maximum Gasteiger partial charge on any atom is 0.267 e. The molecule has 1 amide bonds. The molecule has 0 saturated heterocycles. The lowest BCUT2D eigenvalue weighted by Crippen LogP contribution is -2.48. The largest absolute Gasteiger partial charge is 0.495 e. The third kappa shape index (κ3) is 5.73. The summed E-state index contributed by atoms with van der Waals surface area (Å²) in [6.45, 7) is 3.04. The van der Waals surface area contributed by atoms with Crippen molar-refractivity contribution in [2.75, 3.05) is 23.3 Å². The van der Waals surface area contributed by atoms with Gasteiger partial charge in [-0.15, -0.1) is 0 Å². The van der Waals surface area contributed by atoms with Gasteiger partial charge in [-0.05, 0) is 68.4 Å². The molecule has 0 bridgehead atoms. The Bertz CT molecular complexity index is 1560. The van der Waals surface area contributed by atoms with Crippen molar-refractivity contribution in [1.29, 1.82) is 0 Å². The molecule has 0 saturated carbocycles. The maximum atomic E-state index is 13.5. The first kappa shape index (κ1) is 27.7. The van der Waals surface area contributed by atoms with Crippen molar-refractivity contribution in [3.05, 3.63) is 71.8 Å². The van der Waals surface area contributed by atoms with Crippen molar-refractivity contribution in [3.63, 3.8) is 0 Å². The van der Waals surface area contributed by atoms with Gasteiger partial charge in [0.05, 0.1) is 34.8 Å². The van der Waals surface area contributed by atoms with E-state index in [2.05, 4.69) is 10.0 Å². The van der Waals surface area contributed by atoms with Crippen molar-refractivity contribution in [1.82, 2.24) is 4.72 Å². The topological polar surface area (TPSA) is 131 Å². The maximum absolute atomic E-state index is 13.5. The average Bonchev–Trinajstić information content (AvgIpc) is 2.87. The van der Waals surface area contributed by atoms with Crippen LogP contribution in [0.15, 0.2) is 76.5 Å². The fourth-order valence-electron chi connectivity index (χ4n) is 3.84. The summed E-state index contributed by atoms with van der Waals surface area (Å²) < 4.78 is 67.1. The number of carbonyl (C=O) groups excluding carboxylic acids is 1. The molecule has 1 aliphatic rings. The molecule has 0 unspecified atom stereocenters. The van der Waals surface area contributed by atoms with E-state index >= 15 is 0 Å². The van der Waals surface area contributed by atoms with Crippen LogP contribution in [0.5, 0.6) is 11.5 Å². The molecule has 0 aliphatic carbocycles. The summed E-state index contributed by atoms with van der Waals surface area (Å²) in [6.07, 6.45) is -1.26. The van der Waals surface area contributed by atoms with E-state index in [-0.39, 0.29) is 45.3 Å². The molecule has 1 heterocycles. The van der Waals surface area contributed by atoms with E-state index in [1.165, 1.54) is 49.6 Å². The van der Waals surface area contributed by atoms with Crippen LogP contribution in [-0.4, -0.2) is 48.5 Å². The highest BCUT2D eigenvalue weighted by molar-refractivity contribution is 7.92. The Morgan fingerprint density at radius 2 is 1.68 bits per heavy atom. The van der Waals surface area contributed by atoms with Crippen molar-refractivity contribution >= 4 is 48.9 Å². The van der Waals surface area contributed by atoms with Gasteiger partial charge in [0.1, 0.15) is 11.5 Å². The second-order valence-electron chi connectivity index (χ2n) is 8.69. The van der Waals surface area contributed by atoms with E-state index in [9.17, 15) is 21.6 Å². The highest BCUT2D eigenvalue weighted by Gasteiger charge is 2.37. The normalized spacial score (nSPS) is 15.5. The van der Waals surface area contributed by atoms with Gasteiger partial charge in [-0.3, -0.25) is 9.10 Å². The minimum atomic E-state index is -4.08. The molecule has 4 rings (SSSR count). The van der Waals surface area contributed by atoms with Gasteiger partial charge in [-0.2, -0.15) is 0 Å². The predicted octanol–water partition coefficient (Wildman–Crippen LogP) is 3.63. The number of hydrogen-bond donors (Lipinski definition) is 2. The van der Waals surface area contributed by atoms with Crippen LogP contribution in [0.2, 0.25) is 5.02 Å². The Morgan fingerprint density at radius 3 is 2.34 bits per heavy atom. The Hall–Kier alpha value is -3.32. The van der Waals surface area contributed by atoms with E-state index in [0.29, 0.717) is 5.02 Å². The van der Waals surface area contributed by atoms with E-state index in [1.807, 2.05) is 0 Å². The summed E-state index contributed by atoms with van der Waals surface area (Å²) in [5.74, 6) is -0.287. The zero-order valence-electron chi connectivity index (χ0n) is 20.7. The summed E-state index contributed by atoms with van der Waals surface area (Å²) in [4.78, 5) is 13.3. The number of rotatable bonds is 8. The van der Waals surface area contributed by atoms with Crippen LogP contribution in [-0.2, 0) is 24.8 Å². The van der Waals surface area contributed by atoms with Gasteiger partial charge in [0.15, 0.2) is 6.10 Å². The fourth-order valence-corrected chi connectivity index (χ4v) is 6.72. The molecule has 0 fully saturated rings. The van der Waals surface area contributed by atoms with Crippen LogP contribution in [0.4, 0.5) is 11.4 Å². The molecular formula is C25H26ClN3O7S2. The molecule has 1 aliphatic heterocycles. The Labute approximate surface area is 226 Å². The van der Waals surface area contributed by atoms with E-state index in [4.69, 9.17) is 21.1 Å². The van der Waals surface area contributed by atoms with E-state index in [0.717, 1.165) is 4.31 Å². The molecule has 3 aromatic rings. The van der Waals surface area contributed by atoms with Crippen LogP contribution in [0, 0.1) is 0 Å². The molecular weight excluding hydrogens is 554 g/mol. The van der Waals surface area contributed by atoms with Gasteiger partial charge in [0, 0.05) is 11.1 Å². The van der Waals surface area contributed by atoms with Crippen LogP contribution in [0.25, 0.3) is 0 Å². The first-order chi connectivity index (χ1) is 17.9. The summed E-state index contributed by atoms with van der Waals surface area (Å²) in [7, 11) is -6.56. The average molecular weight is 580 g/mol. The highest BCUT2D eigenvalue weighted by atomic mass is 35.5. The number of carbonyl (C=O) groups is 1. The molecule has 38 heavy (non-hydrogen) atoms. The second kappa shape index (κ2) is 10.8. The van der Waals surface area contributed by atoms with Crippen molar-refractivity contribution in [3.8, 4) is 11.5 Å². The van der Waals surface area contributed by atoms with Crippen LogP contribution >= 0.6 is 11.6 Å². The standard InChI is InChI=1S/C25H26ClN3O7S2/c1-16(2)28-37(31,32)19-12-13-22(35-3)20(14-19)27-25(30)24-15-29(21-6-4-5-7-23(21)36-24)38(33,34)18-10-8-17(26)9-11-18/h4-14,16,24,28H,15H2,1-3H3,(H,27,30)/t24-/m1/s1. The quantitative estimate of drug-likeness (QED) is 0.416. The lowest BCUT2D eigenvalue weighted by molar-refractivity contribution is -0.122. The van der Waals surface area contributed by atoms with Crippen molar-refractivity contribution < 1.29 is 31.1 Å². The predicted molar refractivity (Wildman–Crippen MR) is 144 cm³/mol. The van der Waals surface area contributed by atoms with E-state index in [1.54, 1.807) is 38.1 Å². The number of fused-ring (bicyclic) bond motifs is 1. The second-order valence-corrected chi connectivity index (χ2v) is 12.7. The van der Waals surface area contributed by atoms with Crippen molar-refractivity contribution in [2.45, 2.75) is 35.8 Å². The third-order valence-corrected chi connectivity index (χ3v) is 9.26. The third-order valence-electron chi connectivity index (χ3n) is 5.56. The Balaban J connectivity index is 1.66. The van der Waals surface area contributed by atoms with Crippen molar-refractivity contribution in [2.24, 2.45) is 0 Å².